The first-order valence-corrected chi connectivity index (χ1v) is 8.72. The van der Waals surface area contributed by atoms with Crippen LogP contribution in [-0.2, 0) is 15.1 Å². The number of rotatable bonds is 6. The van der Waals surface area contributed by atoms with Crippen LogP contribution >= 0.6 is 0 Å². The van der Waals surface area contributed by atoms with Crippen molar-refractivity contribution in [3.63, 3.8) is 0 Å². The number of non-ortho nitro benzene ring substituents is 1. The number of amides is 4. The fourth-order valence-electron chi connectivity index (χ4n) is 3.31. The Labute approximate surface area is 160 Å². The number of benzene rings is 1. The molecule has 2 N–H and O–H groups in total. The highest BCUT2D eigenvalue weighted by Crippen LogP contribution is 2.39. The number of nitro benzene ring substituents is 1. The Hall–Kier alpha value is -3.48. The van der Waals surface area contributed by atoms with Crippen molar-refractivity contribution >= 4 is 23.5 Å². The van der Waals surface area contributed by atoms with Gasteiger partial charge in [-0.2, -0.15) is 5.26 Å². The lowest BCUT2D eigenvalue weighted by molar-refractivity contribution is -0.384. The van der Waals surface area contributed by atoms with Crippen molar-refractivity contribution < 1.29 is 19.3 Å². The van der Waals surface area contributed by atoms with Crippen molar-refractivity contribution in [2.24, 2.45) is 5.92 Å². The molecule has 0 bridgehead atoms. The van der Waals surface area contributed by atoms with E-state index in [0.29, 0.717) is 5.56 Å². The average molecular weight is 385 g/mol. The number of hydrogen-bond acceptors (Lipinski definition) is 6. The second kappa shape index (κ2) is 6.60. The third kappa shape index (κ3) is 3.26. The number of nitrogens with zero attached hydrogens (tertiary/aromatic N) is 3. The summed E-state index contributed by atoms with van der Waals surface area (Å²) in [7, 11) is 0. The molecule has 0 spiro atoms. The van der Waals surface area contributed by atoms with Gasteiger partial charge < -0.3 is 10.6 Å². The Morgan fingerprint density at radius 1 is 1.43 bits per heavy atom. The first kappa shape index (κ1) is 19.3. The van der Waals surface area contributed by atoms with Gasteiger partial charge in [-0.15, -0.1) is 0 Å². The van der Waals surface area contributed by atoms with Crippen LogP contribution in [0.3, 0.4) is 0 Å². The fourth-order valence-corrected chi connectivity index (χ4v) is 3.31. The molecule has 0 unspecified atom stereocenters. The maximum atomic E-state index is 12.8. The summed E-state index contributed by atoms with van der Waals surface area (Å²) in [6, 6.07) is 6.60. The van der Waals surface area contributed by atoms with Crippen LogP contribution in [-0.4, -0.2) is 39.8 Å². The highest BCUT2D eigenvalue weighted by atomic mass is 16.6. The summed E-state index contributed by atoms with van der Waals surface area (Å²) >= 11 is 0. The summed E-state index contributed by atoms with van der Waals surface area (Å²) in [5, 5.41) is 25.3. The second-order valence-corrected chi connectivity index (χ2v) is 7.39. The number of nitrogens with one attached hydrogen (secondary N) is 2. The predicted octanol–water partition coefficient (Wildman–Crippen LogP) is 1.17. The lowest BCUT2D eigenvalue weighted by Crippen LogP contribution is -2.51. The van der Waals surface area contributed by atoms with Gasteiger partial charge in [-0.3, -0.25) is 24.6 Å². The Morgan fingerprint density at radius 2 is 2.04 bits per heavy atom. The summed E-state index contributed by atoms with van der Waals surface area (Å²) in [6.07, 6.45) is 1.68. The minimum Gasteiger partial charge on any atom is -0.336 e. The molecule has 4 amide bonds. The molecular weight excluding hydrogens is 366 g/mol. The van der Waals surface area contributed by atoms with Crippen molar-refractivity contribution in [2.45, 2.75) is 37.8 Å². The van der Waals surface area contributed by atoms with E-state index in [1.54, 1.807) is 6.92 Å². The van der Waals surface area contributed by atoms with Gasteiger partial charge in [-0.25, -0.2) is 4.79 Å². The van der Waals surface area contributed by atoms with Crippen molar-refractivity contribution in [2.75, 3.05) is 6.54 Å². The molecule has 1 aromatic carbocycles. The average Bonchev–Trinajstić information content (AvgIpc) is 3.48. The van der Waals surface area contributed by atoms with E-state index >= 15 is 0 Å². The largest absolute Gasteiger partial charge is 0.336 e. The highest BCUT2D eigenvalue weighted by Gasteiger charge is 2.50. The lowest BCUT2D eigenvalue weighted by atomic mass is 9.92. The third-order valence-electron chi connectivity index (χ3n) is 5.26. The molecule has 2 fully saturated rings. The van der Waals surface area contributed by atoms with Crippen LogP contribution < -0.4 is 10.6 Å². The van der Waals surface area contributed by atoms with Gasteiger partial charge in [0.05, 0.1) is 11.0 Å². The minimum absolute atomic E-state index is 0.0648. The van der Waals surface area contributed by atoms with Crippen LogP contribution in [0.5, 0.6) is 0 Å². The molecule has 1 saturated carbocycles. The maximum absolute atomic E-state index is 12.8. The molecule has 10 nitrogen and oxygen atoms in total. The number of carbonyl (C=O) groups excluding carboxylic acids is 3. The number of imide groups is 1. The van der Waals surface area contributed by atoms with Gasteiger partial charge in [0.25, 0.3) is 11.6 Å². The topological polar surface area (TPSA) is 145 Å². The Kier molecular flexibility index (Phi) is 4.54. The van der Waals surface area contributed by atoms with E-state index in [2.05, 4.69) is 16.7 Å². The summed E-state index contributed by atoms with van der Waals surface area (Å²) < 4.78 is 0. The lowest BCUT2D eigenvalue weighted by Gasteiger charge is -2.25. The molecule has 3 rings (SSSR count). The van der Waals surface area contributed by atoms with Crippen molar-refractivity contribution in [3.8, 4) is 6.07 Å². The summed E-state index contributed by atoms with van der Waals surface area (Å²) in [5.74, 6) is -1.19. The highest BCUT2D eigenvalue weighted by molar-refractivity contribution is 6.09. The molecule has 1 saturated heterocycles. The van der Waals surface area contributed by atoms with Crippen molar-refractivity contribution in [3.05, 3.63) is 39.9 Å². The number of nitriles is 1. The number of urea groups is 1. The molecule has 1 aromatic rings. The molecule has 146 valence electrons. The molecule has 0 radical (unpaired) electrons. The van der Waals surface area contributed by atoms with E-state index < -0.39 is 40.4 Å². The van der Waals surface area contributed by atoms with E-state index in [9.17, 15) is 29.8 Å². The summed E-state index contributed by atoms with van der Waals surface area (Å²) in [4.78, 5) is 48.5. The molecule has 1 aliphatic carbocycles. The number of nitro groups is 1. The van der Waals surface area contributed by atoms with Crippen LogP contribution in [0.4, 0.5) is 10.5 Å². The quantitative estimate of drug-likeness (QED) is 0.427. The smallest absolute Gasteiger partial charge is 0.325 e. The molecule has 2 aliphatic rings. The van der Waals surface area contributed by atoms with Crippen LogP contribution in [0.1, 0.15) is 32.3 Å². The molecule has 2 atom stereocenters. The molecular formula is C18H19N5O5. The number of carbonyl (C=O) groups is 3. The molecule has 1 heterocycles. The van der Waals surface area contributed by atoms with Gasteiger partial charge in [0.15, 0.2) is 0 Å². The SMILES string of the molecule is C[C@@]1(c2ccc([N+](=O)[O-])cc2)NC(=O)N(CC(=O)N[C@@](C)(C#N)C2CC2)C1=O. The molecule has 1 aliphatic heterocycles. The van der Waals surface area contributed by atoms with E-state index in [1.807, 2.05) is 0 Å². The van der Waals surface area contributed by atoms with Gasteiger partial charge in [-0.1, -0.05) is 0 Å². The van der Waals surface area contributed by atoms with E-state index in [-0.39, 0.29) is 11.6 Å². The zero-order chi connectivity index (χ0) is 20.7. The standard InChI is InChI=1S/C18H19N5O5/c1-17(10-19,11-3-4-11)20-14(24)9-22-15(25)18(2,21-16(22)26)12-5-7-13(8-6-12)23(27)28/h5-8,11H,3-4,9H2,1-2H3,(H,20,24)(H,21,26)/t17-,18-/m0/s1. The Bertz CT molecular complexity index is 904. The third-order valence-corrected chi connectivity index (χ3v) is 5.26. The molecule has 0 aromatic heterocycles. The van der Waals surface area contributed by atoms with E-state index in [4.69, 9.17) is 0 Å². The summed E-state index contributed by atoms with van der Waals surface area (Å²) in [6.45, 7) is 2.57. The van der Waals surface area contributed by atoms with Gasteiger partial charge >= 0.3 is 6.03 Å². The van der Waals surface area contributed by atoms with Gasteiger partial charge in [0, 0.05) is 12.1 Å². The minimum atomic E-state index is -1.44. The predicted molar refractivity (Wildman–Crippen MR) is 95.6 cm³/mol. The molecule has 10 heteroatoms. The van der Waals surface area contributed by atoms with Crippen molar-refractivity contribution in [1.82, 2.24) is 15.5 Å². The summed E-state index contributed by atoms with van der Waals surface area (Å²) in [5.41, 5.74) is -2.25. The van der Waals surface area contributed by atoms with Gasteiger partial charge in [0.2, 0.25) is 5.91 Å². The first-order valence-electron chi connectivity index (χ1n) is 8.72. The maximum Gasteiger partial charge on any atom is 0.325 e. The monoisotopic (exact) mass is 385 g/mol. The Balaban J connectivity index is 1.75. The molecule has 28 heavy (non-hydrogen) atoms. The van der Waals surface area contributed by atoms with Crippen LogP contribution in [0, 0.1) is 27.4 Å². The normalized spacial score (nSPS) is 23.5. The van der Waals surface area contributed by atoms with Crippen LogP contribution in [0.15, 0.2) is 24.3 Å². The fraction of sp³-hybridized carbons (Fsp3) is 0.444. The first-order chi connectivity index (χ1) is 13.1. The Morgan fingerprint density at radius 3 is 2.54 bits per heavy atom. The number of hydrogen-bond donors (Lipinski definition) is 2. The zero-order valence-corrected chi connectivity index (χ0v) is 15.4. The van der Waals surface area contributed by atoms with Gasteiger partial charge in [0.1, 0.15) is 17.6 Å². The van der Waals surface area contributed by atoms with Crippen LogP contribution in [0.25, 0.3) is 0 Å². The van der Waals surface area contributed by atoms with E-state index in [0.717, 1.165) is 17.7 Å². The van der Waals surface area contributed by atoms with E-state index in [1.165, 1.54) is 31.2 Å². The van der Waals surface area contributed by atoms with Crippen molar-refractivity contribution in [1.29, 1.82) is 5.26 Å². The van der Waals surface area contributed by atoms with Gasteiger partial charge in [-0.05, 0) is 50.3 Å². The van der Waals surface area contributed by atoms with Crippen LogP contribution in [0.2, 0.25) is 0 Å². The second-order valence-electron chi connectivity index (χ2n) is 7.39. The zero-order valence-electron chi connectivity index (χ0n) is 15.4.